The molecule has 0 aliphatic rings. The molecule has 0 bridgehead atoms. The first-order valence-electron chi connectivity index (χ1n) is 8.52. The second-order valence-electron chi connectivity index (χ2n) is 5.90. The number of para-hydroxylation sites is 1. The Morgan fingerprint density at radius 2 is 1.70 bits per heavy atom. The average molecular weight is 360 g/mol. The number of benzene rings is 3. The predicted octanol–water partition coefficient (Wildman–Crippen LogP) is 4.88. The van der Waals surface area contributed by atoms with Crippen LogP contribution in [0.4, 0.5) is 0 Å². The lowest BCUT2D eigenvalue weighted by atomic mass is 10.1. The largest absolute Gasteiger partial charge is 0.507 e. The van der Waals surface area contributed by atoms with E-state index in [0.717, 1.165) is 11.1 Å². The van der Waals surface area contributed by atoms with Crippen molar-refractivity contribution in [1.29, 1.82) is 0 Å². The summed E-state index contributed by atoms with van der Waals surface area (Å²) in [6.07, 6.45) is 3.10. The van der Waals surface area contributed by atoms with Crippen LogP contribution in [0.15, 0.2) is 78.9 Å². The molecule has 0 amide bonds. The average Bonchev–Trinajstić information content (AvgIpc) is 2.71. The maximum atomic E-state index is 12.2. The van der Waals surface area contributed by atoms with Crippen LogP contribution >= 0.6 is 0 Å². The predicted molar refractivity (Wildman–Crippen MR) is 105 cm³/mol. The van der Waals surface area contributed by atoms with Gasteiger partial charge >= 0.3 is 0 Å². The molecule has 27 heavy (non-hydrogen) atoms. The van der Waals surface area contributed by atoms with Gasteiger partial charge in [-0.2, -0.15) is 0 Å². The van der Waals surface area contributed by atoms with Gasteiger partial charge < -0.3 is 14.6 Å². The van der Waals surface area contributed by atoms with Crippen molar-refractivity contribution in [3.05, 3.63) is 95.6 Å². The smallest absolute Gasteiger partial charge is 0.189 e. The Balaban J connectivity index is 1.72. The van der Waals surface area contributed by atoms with E-state index >= 15 is 0 Å². The number of aromatic hydroxyl groups is 1. The van der Waals surface area contributed by atoms with Gasteiger partial charge in [-0.15, -0.1) is 0 Å². The molecule has 3 aromatic rings. The molecule has 4 nitrogen and oxygen atoms in total. The van der Waals surface area contributed by atoms with Crippen LogP contribution in [-0.4, -0.2) is 18.0 Å². The van der Waals surface area contributed by atoms with Crippen LogP contribution in [0.2, 0.25) is 0 Å². The van der Waals surface area contributed by atoms with Crippen molar-refractivity contribution in [2.45, 2.75) is 6.61 Å². The van der Waals surface area contributed by atoms with Crippen LogP contribution in [0.3, 0.4) is 0 Å². The van der Waals surface area contributed by atoms with E-state index in [0.29, 0.717) is 18.1 Å². The number of allylic oxidation sites excluding steroid dienone is 1. The van der Waals surface area contributed by atoms with E-state index in [1.807, 2.05) is 42.5 Å². The number of rotatable bonds is 7. The lowest BCUT2D eigenvalue weighted by Crippen LogP contribution is -1.98. The molecule has 1 N–H and O–H groups in total. The molecule has 0 atom stereocenters. The molecule has 0 heterocycles. The van der Waals surface area contributed by atoms with Gasteiger partial charge in [0, 0.05) is 0 Å². The second-order valence-corrected chi connectivity index (χ2v) is 5.90. The number of ether oxygens (including phenoxy) is 2. The molecule has 0 aromatic heterocycles. The molecular formula is C23H20O4. The second kappa shape index (κ2) is 8.72. The topological polar surface area (TPSA) is 55.8 Å². The van der Waals surface area contributed by atoms with Crippen LogP contribution in [-0.2, 0) is 6.61 Å². The van der Waals surface area contributed by atoms with Crippen LogP contribution in [0.1, 0.15) is 21.5 Å². The molecule has 0 saturated carbocycles. The van der Waals surface area contributed by atoms with Gasteiger partial charge in [-0.1, -0.05) is 54.6 Å². The minimum Gasteiger partial charge on any atom is -0.507 e. The molecule has 0 saturated heterocycles. The van der Waals surface area contributed by atoms with E-state index in [4.69, 9.17) is 9.47 Å². The highest BCUT2D eigenvalue weighted by Crippen LogP contribution is 2.29. The van der Waals surface area contributed by atoms with Crippen LogP contribution in [0.5, 0.6) is 17.2 Å². The first kappa shape index (κ1) is 18.3. The highest BCUT2D eigenvalue weighted by Gasteiger charge is 2.08. The summed E-state index contributed by atoms with van der Waals surface area (Å²) >= 11 is 0. The molecular weight excluding hydrogens is 340 g/mol. The standard InChI is InChI=1S/C23H20O4/c1-26-23-15-17(11-13-21(25)19-9-5-6-10-20(19)24)12-14-22(23)27-16-18-7-3-2-4-8-18/h2-15,24H,16H2,1H3. The van der Waals surface area contributed by atoms with Gasteiger partial charge in [0.25, 0.3) is 0 Å². The van der Waals surface area contributed by atoms with Crippen molar-refractivity contribution in [1.82, 2.24) is 0 Å². The Bertz CT molecular complexity index is 946. The molecule has 3 aromatic carbocycles. The lowest BCUT2D eigenvalue weighted by Gasteiger charge is -2.11. The minimum absolute atomic E-state index is 0.0330. The molecule has 0 radical (unpaired) electrons. The van der Waals surface area contributed by atoms with Gasteiger partial charge in [0.15, 0.2) is 17.3 Å². The molecule has 0 aliphatic heterocycles. The van der Waals surface area contributed by atoms with Gasteiger partial charge in [0.1, 0.15) is 12.4 Å². The summed E-state index contributed by atoms with van der Waals surface area (Å²) in [7, 11) is 1.57. The van der Waals surface area contributed by atoms with Crippen molar-refractivity contribution < 1.29 is 19.4 Å². The fourth-order valence-corrected chi connectivity index (χ4v) is 2.59. The Hall–Kier alpha value is -3.53. The molecule has 136 valence electrons. The molecule has 0 fully saturated rings. The van der Waals surface area contributed by atoms with Crippen LogP contribution < -0.4 is 9.47 Å². The zero-order valence-corrected chi connectivity index (χ0v) is 15.0. The Morgan fingerprint density at radius 3 is 2.44 bits per heavy atom. The van der Waals surface area contributed by atoms with Crippen LogP contribution in [0.25, 0.3) is 6.08 Å². The minimum atomic E-state index is -0.267. The van der Waals surface area contributed by atoms with E-state index in [1.165, 1.54) is 12.1 Å². The van der Waals surface area contributed by atoms with Gasteiger partial charge in [-0.25, -0.2) is 0 Å². The monoisotopic (exact) mass is 360 g/mol. The summed E-state index contributed by atoms with van der Waals surface area (Å²) in [4.78, 5) is 12.2. The van der Waals surface area contributed by atoms with Gasteiger partial charge in [0.2, 0.25) is 0 Å². The van der Waals surface area contributed by atoms with E-state index in [9.17, 15) is 9.90 Å². The zero-order valence-electron chi connectivity index (χ0n) is 15.0. The van der Waals surface area contributed by atoms with E-state index < -0.39 is 0 Å². The lowest BCUT2D eigenvalue weighted by molar-refractivity contribution is 0.104. The Morgan fingerprint density at radius 1 is 0.963 bits per heavy atom. The summed E-state index contributed by atoms with van der Waals surface area (Å²) in [5, 5.41) is 9.76. The highest BCUT2D eigenvalue weighted by atomic mass is 16.5. The summed E-state index contributed by atoms with van der Waals surface area (Å²) in [5.41, 5.74) is 2.13. The van der Waals surface area contributed by atoms with Gasteiger partial charge in [-0.3, -0.25) is 4.79 Å². The number of ketones is 1. The van der Waals surface area contributed by atoms with E-state index in [-0.39, 0.29) is 17.1 Å². The van der Waals surface area contributed by atoms with Crippen molar-refractivity contribution in [2.75, 3.05) is 7.11 Å². The fraction of sp³-hybridized carbons (Fsp3) is 0.0870. The maximum absolute atomic E-state index is 12.2. The van der Waals surface area contributed by atoms with Crippen molar-refractivity contribution in [3.63, 3.8) is 0 Å². The molecule has 4 heteroatoms. The number of phenolic OH excluding ortho intramolecular Hbond substituents is 1. The molecule has 0 aliphatic carbocycles. The summed E-state index contributed by atoms with van der Waals surface area (Å²) < 4.78 is 11.2. The number of carbonyl (C=O) groups is 1. The molecule has 0 spiro atoms. The van der Waals surface area contributed by atoms with Crippen molar-refractivity contribution in [2.24, 2.45) is 0 Å². The number of hydrogen-bond donors (Lipinski definition) is 1. The third kappa shape index (κ3) is 4.76. The quantitative estimate of drug-likeness (QED) is 0.482. The van der Waals surface area contributed by atoms with Crippen molar-refractivity contribution >= 4 is 11.9 Å². The summed E-state index contributed by atoms with van der Waals surface area (Å²) in [5.74, 6) is 0.916. The van der Waals surface area contributed by atoms with E-state index in [1.54, 1.807) is 37.5 Å². The first-order chi connectivity index (χ1) is 13.2. The van der Waals surface area contributed by atoms with Gasteiger partial charge in [-0.05, 0) is 41.5 Å². The van der Waals surface area contributed by atoms with Crippen LogP contribution in [0, 0.1) is 0 Å². The molecule has 3 rings (SSSR count). The number of methoxy groups -OCH3 is 1. The normalized spacial score (nSPS) is 10.7. The third-order valence-corrected chi connectivity index (χ3v) is 4.02. The number of hydrogen-bond acceptors (Lipinski definition) is 4. The zero-order chi connectivity index (χ0) is 19.1. The SMILES string of the molecule is COc1cc(C=CC(=O)c2ccccc2O)ccc1OCc1ccccc1. The van der Waals surface area contributed by atoms with Gasteiger partial charge in [0.05, 0.1) is 12.7 Å². The number of carbonyl (C=O) groups excluding carboxylic acids is 1. The third-order valence-electron chi connectivity index (χ3n) is 4.02. The number of phenols is 1. The summed E-state index contributed by atoms with van der Waals surface area (Å²) in [6, 6.07) is 21.8. The maximum Gasteiger partial charge on any atom is 0.189 e. The Kier molecular flexibility index (Phi) is 5.90. The molecule has 0 unspecified atom stereocenters. The highest BCUT2D eigenvalue weighted by molar-refractivity contribution is 6.08. The van der Waals surface area contributed by atoms with E-state index in [2.05, 4.69) is 0 Å². The fourth-order valence-electron chi connectivity index (χ4n) is 2.59. The Labute approximate surface area is 158 Å². The summed E-state index contributed by atoms with van der Waals surface area (Å²) in [6.45, 7) is 0.443. The van der Waals surface area contributed by atoms with Crippen molar-refractivity contribution in [3.8, 4) is 17.2 Å². The first-order valence-corrected chi connectivity index (χ1v) is 8.52.